The van der Waals surface area contributed by atoms with E-state index < -0.39 is 0 Å². The monoisotopic (exact) mass is 414 g/mol. The van der Waals surface area contributed by atoms with E-state index >= 15 is 0 Å². The molecule has 3 saturated carbocycles. The van der Waals surface area contributed by atoms with E-state index in [9.17, 15) is 5.11 Å². The lowest BCUT2D eigenvalue weighted by atomic mass is 9.44. The van der Waals surface area contributed by atoms with Crippen molar-refractivity contribution in [1.29, 1.82) is 0 Å². The molecule has 0 amide bonds. The lowest BCUT2D eigenvalue weighted by molar-refractivity contribution is -0.116. The molecule has 172 valence electrons. The smallest absolute Gasteiger partial charge is 0.0568 e. The molecule has 10 unspecified atom stereocenters. The zero-order valence-electron chi connectivity index (χ0n) is 21.1. The predicted molar refractivity (Wildman–Crippen MR) is 128 cm³/mol. The first-order chi connectivity index (χ1) is 14.1. The van der Waals surface area contributed by atoms with Crippen molar-refractivity contribution in [3.05, 3.63) is 11.6 Å². The van der Waals surface area contributed by atoms with Gasteiger partial charge in [0.25, 0.3) is 0 Å². The highest BCUT2D eigenvalue weighted by Gasteiger charge is 2.59. The van der Waals surface area contributed by atoms with E-state index in [4.69, 9.17) is 0 Å². The molecule has 1 N–H and O–H groups in total. The van der Waals surface area contributed by atoms with Gasteiger partial charge in [-0.1, -0.05) is 73.0 Å². The van der Waals surface area contributed by atoms with Gasteiger partial charge < -0.3 is 5.11 Å². The van der Waals surface area contributed by atoms with Crippen molar-refractivity contribution in [3.63, 3.8) is 0 Å². The molecule has 0 bridgehead atoms. The van der Waals surface area contributed by atoms with Gasteiger partial charge in [0, 0.05) is 0 Å². The summed E-state index contributed by atoms with van der Waals surface area (Å²) in [4.78, 5) is 0. The molecule has 0 saturated heterocycles. The molecule has 10 atom stereocenters. The van der Waals surface area contributed by atoms with Crippen LogP contribution in [0, 0.1) is 58.2 Å². The minimum absolute atomic E-state index is 0.0577. The van der Waals surface area contributed by atoms with E-state index in [0.717, 1.165) is 47.8 Å². The Balaban J connectivity index is 1.49. The van der Waals surface area contributed by atoms with Gasteiger partial charge in [-0.05, 0) is 103 Å². The fourth-order valence-corrected chi connectivity index (χ4v) is 8.99. The maximum atomic E-state index is 10.5. The highest BCUT2D eigenvalue weighted by Crippen LogP contribution is 2.67. The highest BCUT2D eigenvalue weighted by molar-refractivity contribution is 5.30. The van der Waals surface area contributed by atoms with Gasteiger partial charge in [0.2, 0.25) is 0 Å². The number of hydrogen-bond donors (Lipinski definition) is 1. The zero-order chi connectivity index (χ0) is 21.8. The predicted octanol–water partition coefficient (Wildman–Crippen LogP) is 7.88. The number of hydrogen-bond acceptors (Lipinski definition) is 1. The lowest BCUT2D eigenvalue weighted by Crippen LogP contribution is -2.54. The van der Waals surface area contributed by atoms with Crippen molar-refractivity contribution in [3.8, 4) is 0 Å². The van der Waals surface area contributed by atoms with Crippen molar-refractivity contribution >= 4 is 0 Å². The van der Waals surface area contributed by atoms with Crippen molar-refractivity contribution in [2.75, 3.05) is 0 Å². The first-order valence-electron chi connectivity index (χ1n) is 13.5. The van der Waals surface area contributed by atoms with Gasteiger partial charge in [0.05, 0.1) is 6.10 Å². The van der Waals surface area contributed by atoms with E-state index in [-0.39, 0.29) is 6.10 Å². The molecule has 4 aliphatic carbocycles. The summed E-state index contributed by atoms with van der Waals surface area (Å²) in [7, 11) is 0. The average Bonchev–Trinajstić information content (AvgIpc) is 3.06. The zero-order valence-corrected chi connectivity index (χ0v) is 21.1. The largest absolute Gasteiger partial charge is 0.393 e. The first kappa shape index (κ1) is 22.9. The molecule has 0 aromatic rings. The molecule has 3 fully saturated rings. The van der Waals surface area contributed by atoms with Crippen molar-refractivity contribution in [2.24, 2.45) is 58.2 Å². The normalized spacial score (nSPS) is 47.8. The van der Waals surface area contributed by atoms with Crippen LogP contribution in [0.1, 0.15) is 106 Å². The van der Waals surface area contributed by atoms with Crippen molar-refractivity contribution in [2.45, 2.75) is 112 Å². The fraction of sp³-hybridized carbons (Fsp3) is 0.931. The summed E-state index contributed by atoms with van der Waals surface area (Å²) < 4.78 is 0. The Morgan fingerprint density at radius 2 is 1.70 bits per heavy atom. The minimum Gasteiger partial charge on any atom is -0.393 e. The third-order valence-corrected chi connectivity index (χ3v) is 11.5. The Hall–Kier alpha value is -0.300. The molecule has 1 nitrogen and oxygen atoms in total. The Morgan fingerprint density at radius 3 is 2.40 bits per heavy atom. The summed E-state index contributed by atoms with van der Waals surface area (Å²) in [5, 5.41) is 10.5. The average molecular weight is 415 g/mol. The number of rotatable bonds is 5. The van der Waals surface area contributed by atoms with Crippen LogP contribution in [0.2, 0.25) is 0 Å². The highest BCUT2D eigenvalue weighted by atomic mass is 16.3. The van der Waals surface area contributed by atoms with Gasteiger partial charge in [-0.3, -0.25) is 0 Å². The van der Waals surface area contributed by atoms with E-state index in [2.05, 4.69) is 54.5 Å². The molecule has 4 aliphatic rings. The van der Waals surface area contributed by atoms with Gasteiger partial charge in [0.15, 0.2) is 0 Å². The summed E-state index contributed by atoms with van der Waals surface area (Å²) in [5.41, 5.74) is 2.80. The van der Waals surface area contributed by atoms with E-state index in [0.29, 0.717) is 16.7 Å². The van der Waals surface area contributed by atoms with Crippen molar-refractivity contribution in [1.82, 2.24) is 0 Å². The standard InChI is InChI=1S/C29H50O/c1-18(2)19(3)8-9-20(4)23-12-13-25-22-10-11-24-21(5)27(30)15-17-29(24,7)26(22)14-16-28(23,25)6/h13,18-24,26-27,30H,8-12,14-17H2,1-7H3. The van der Waals surface area contributed by atoms with Crippen LogP contribution in [-0.4, -0.2) is 11.2 Å². The van der Waals surface area contributed by atoms with Crippen LogP contribution in [-0.2, 0) is 0 Å². The van der Waals surface area contributed by atoms with Crippen LogP contribution in [0.3, 0.4) is 0 Å². The number of fused-ring (bicyclic) bond motifs is 5. The van der Waals surface area contributed by atoms with Crippen LogP contribution in [0.5, 0.6) is 0 Å². The van der Waals surface area contributed by atoms with Crippen LogP contribution < -0.4 is 0 Å². The second-order valence-electron chi connectivity index (χ2n) is 13.1. The Labute approximate surface area is 187 Å². The van der Waals surface area contributed by atoms with Crippen LogP contribution in [0.25, 0.3) is 0 Å². The van der Waals surface area contributed by atoms with Gasteiger partial charge in [-0.15, -0.1) is 0 Å². The molecule has 0 radical (unpaired) electrons. The van der Waals surface area contributed by atoms with E-state index in [1.54, 1.807) is 0 Å². The minimum atomic E-state index is -0.0577. The SMILES string of the molecule is CC(C)C(C)CCC(C)C1CC=C2C3CCC4C(C)C(O)CCC4(C)C3CCC21C. The summed E-state index contributed by atoms with van der Waals surface area (Å²) in [6, 6.07) is 0. The lowest BCUT2D eigenvalue weighted by Gasteiger charge is -2.61. The molecular weight excluding hydrogens is 364 g/mol. The second kappa shape index (κ2) is 8.24. The number of aliphatic hydroxyl groups is 1. The van der Waals surface area contributed by atoms with Gasteiger partial charge in [0.1, 0.15) is 0 Å². The van der Waals surface area contributed by atoms with Crippen LogP contribution in [0.4, 0.5) is 0 Å². The molecular formula is C29H50O. The topological polar surface area (TPSA) is 20.2 Å². The molecule has 1 heteroatoms. The number of allylic oxidation sites excluding steroid dienone is 2. The first-order valence-corrected chi connectivity index (χ1v) is 13.5. The molecule has 0 spiro atoms. The third-order valence-electron chi connectivity index (χ3n) is 11.5. The molecule has 0 aromatic heterocycles. The van der Waals surface area contributed by atoms with Gasteiger partial charge >= 0.3 is 0 Å². The van der Waals surface area contributed by atoms with E-state index in [1.807, 2.05) is 5.57 Å². The molecule has 30 heavy (non-hydrogen) atoms. The quantitative estimate of drug-likeness (QED) is 0.454. The molecule has 0 heterocycles. The maximum Gasteiger partial charge on any atom is 0.0568 e. The second-order valence-corrected chi connectivity index (χ2v) is 13.1. The van der Waals surface area contributed by atoms with Gasteiger partial charge in [-0.2, -0.15) is 0 Å². The Morgan fingerprint density at radius 1 is 0.967 bits per heavy atom. The van der Waals surface area contributed by atoms with Gasteiger partial charge in [-0.25, -0.2) is 0 Å². The molecule has 0 aliphatic heterocycles. The summed E-state index contributed by atoms with van der Waals surface area (Å²) in [6.07, 6.45) is 14.7. The Kier molecular flexibility index (Phi) is 6.28. The maximum absolute atomic E-state index is 10.5. The molecule has 4 rings (SSSR count). The summed E-state index contributed by atoms with van der Waals surface area (Å²) >= 11 is 0. The molecule has 0 aromatic carbocycles. The summed E-state index contributed by atoms with van der Waals surface area (Å²) in [5.74, 6) is 6.30. The Bertz CT molecular complexity index is 649. The third kappa shape index (κ3) is 3.54. The number of aliphatic hydroxyl groups excluding tert-OH is 1. The van der Waals surface area contributed by atoms with Crippen molar-refractivity contribution < 1.29 is 5.11 Å². The summed E-state index contributed by atoms with van der Waals surface area (Å²) in [6.45, 7) is 17.4. The van der Waals surface area contributed by atoms with E-state index in [1.165, 1.54) is 51.4 Å². The van der Waals surface area contributed by atoms with Crippen LogP contribution in [0.15, 0.2) is 11.6 Å². The fourth-order valence-electron chi connectivity index (χ4n) is 8.99. The van der Waals surface area contributed by atoms with Crippen LogP contribution >= 0.6 is 0 Å².